The lowest BCUT2D eigenvalue weighted by atomic mass is 9.83. The molecule has 1 aliphatic heterocycles. The lowest BCUT2D eigenvalue weighted by molar-refractivity contribution is 0.277. The Morgan fingerprint density at radius 1 is 1.41 bits per heavy atom. The molecule has 94 valence electrons. The SMILES string of the molecule is COc1c(N2CCC(C)(C)CC2)nc[nH]c1=O. The lowest BCUT2D eigenvalue weighted by Crippen LogP contribution is -2.38. The minimum absolute atomic E-state index is 0.220. The molecule has 0 unspecified atom stereocenters. The van der Waals surface area contributed by atoms with Crippen LogP contribution in [0, 0.1) is 5.41 Å². The summed E-state index contributed by atoms with van der Waals surface area (Å²) in [6.07, 6.45) is 3.63. The van der Waals surface area contributed by atoms with Gasteiger partial charge in [0.25, 0.3) is 5.56 Å². The van der Waals surface area contributed by atoms with Crippen LogP contribution < -0.4 is 15.2 Å². The number of ether oxygens (including phenoxy) is 1. The fourth-order valence-corrected chi connectivity index (χ4v) is 2.11. The van der Waals surface area contributed by atoms with Crippen LogP contribution in [0.1, 0.15) is 26.7 Å². The third-order valence-electron chi connectivity index (χ3n) is 3.41. The highest BCUT2D eigenvalue weighted by atomic mass is 16.5. The van der Waals surface area contributed by atoms with E-state index < -0.39 is 0 Å². The van der Waals surface area contributed by atoms with Crippen molar-refractivity contribution in [2.75, 3.05) is 25.1 Å². The first kappa shape index (κ1) is 12.0. The normalized spacial score (nSPS) is 19.1. The number of rotatable bonds is 2. The first-order chi connectivity index (χ1) is 8.03. The Morgan fingerprint density at radius 3 is 2.65 bits per heavy atom. The molecule has 17 heavy (non-hydrogen) atoms. The minimum atomic E-state index is -0.220. The van der Waals surface area contributed by atoms with Crippen LogP contribution in [0.5, 0.6) is 5.75 Å². The van der Waals surface area contributed by atoms with Gasteiger partial charge in [0.15, 0.2) is 5.82 Å². The van der Waals surface area contributed by atoms with E-state index in [1.165, 1.54) is 13.4 Å². The van der Waals surface area contributed by atoms with Crippen molar-refractivity contribution < 1.29 is 4.74 Å². The van der Waals surface area contributed by atoms with Gasteiger partial charge in [-0.25, -0.2) is 4.98 Å². The molecular weight excluding hydrogens is 218 g/mol. The van der Waals surface area contributed by atoms with Crippen LogP contribution in [-0.2, 0) is 0 Å². The molecule has 5 nitrogen and oxygen atoms in total. The molecule has 0 amide bonds. The predicted octanol–water partition coefficient (Wildman–Crippen LogP) is 1.40. The van der Waals surface area contributed by atoms with Crippen molar-refractivity contribution in [3.63, 3.8) is 0 Å². The summed E-state index contributed by atoms with van der Waals surface area (Å²) in [6, 6.07) is 0. The molecule has 1 saturated heterocycles. The Balaban J connectivity index is 2.24. The molecule has 1 aromatic heterocycles. The number of hydrogen-bond acceptors (Lipinski definition) is 4. The molecule has 0 aliphatic carbocycles. The summed E-state index contributed by atoms with van der Waals surface area (Å²) in [6.45, 7) is 6.37. The first-order valence-electron chi connectivity index (χ1n) is 5.90. The molecule has 5 heteroatoms. The standard InChI is InChI=1S/C12H19N3O2/c1-12(2)4-6-15(7-5-12)10-9(17-3)11(16)14-8-13-10/h8H,4-7H2,1-3H3,(H,13,14,16). The molecule has 1 N–H and O–H groups in total. The number of hydrogen-bond donors (Lipinski definition) is 1. The van der Waals surface area contributed by atoms with Gasteiger partial charge in [-0.05, 0) is 18.3 Å². The summed E-state index contributed by atoms with van der Waals surface area (Å²) >= 11 is 0. The van der Waals surface area contributed by atoms with Gasteiger partial charge in [0, 0.05) is 13.1 Å². The van der Waals surface area contributed by atoms with Gasteiger partial charge in [-0.1, -0.05) is 13.8 Å². The van der Waals surface area contributed by atoms with Crippen molar-refractivity contribution in [1.29, 1.82) is 0 Å². The Hall–Kier alpha value is -1.52. The third-order valence-corrected chi connectivity index (χ3v) is 3.41. The van der Waals surface area contributed by atoms with Gasteiger partial charge >= 0.3 is 0 Å². The van der Waals surface area contributed by atoms with Crippen molar-refractivity contribution in [2.45, 2.75) is 26.7 Å². The van der Waals surface area contributed by atoms with E-state index in [4.69, 9.17) is 4.74 Å². The molecule has 2 rings (SSSR count). The molecule has 1 fully saturated rings. The quantitative estimate of drug-likeness (QED) is 0.844. The first-order valence-corrected chi connectivity index (χ1v) is 5.90. The molecular formula is C12H19N3O2. The highest BCUT2D eigenvalue weighted by Crippen LogP contribution is 2.33. The van der Waals surface area contributed by atoms with E-state index in [1.54, 1.807) is 0 Å². The van der Waals surface area contributed by atoms with Crippen molar-refractivity contribution in [1.82, 2.24) is 9.97 Å². The number of nitrogens with zero attached hydrogens (tertiary/aromatic N) is 2. The maximum absolute atomic E-state index is 11.6. The number of nitrogens with one attached hydrogen (secondary N) is 1. The summed E-state index contributed by atoms with van der Waals surface area (Å²) in [4.78, 5) is 20.5. The maximum atomic E-state index is 11.6. The van der Waals surface area contributed by atoms with Crippen LogP contribution in [0.4, 0.5) is 5.82 Å². The van der Waals surface area contributed by atoms with Crippen LogP contribution in [0.3, 0.4) is 0 Å². The monoisotopic (exact) mass is 237 g/mol. The molecule has 0 radical (unpaired) electrons. The summed E-state index contributed by atoms with van der Waals surface area (Å²) in [7, 11) is 1.50. The summed E-state index contributed by atoms with van der Waals surface area (Å²) in [5, 5.41) is 0. The minimum Gasteiger partial charge on any atom is -0.489 e. The molecule has 1 aromatic rings. The Bertz CT molecular complexity index is 443. The van der Waals surface area contributed by atoms with E-state index in [0.717, 1.165) is 25.9 Å². The van der Waals surface area contributed by atoms with E-state index in [9.17, 15) is 4.79 Å². The average Bonchev–Trinajstić information content (AvgIpc) is 2.29. The fraction of sp³-hybridized carbons (Fsp3) is 0.667. The van der Waals surface area contributed by atoms with E-state index in [2.05, 4.69) is 28.7 Å². The molecule has 0 aromatic carbocycles. The smallest absolute Gasteiger partial charge is 0.295 e. The number of aromatic nitrogens is 2. The molecule has 0 atom stereocenters. The van der Waals surface area contributed by atoms with E-state index in [-0.39, 0.29) is 5.56 Å². The number of anilines is 1. The topological polar surface area (TPSA) is 58.2 Å². The van der Waals surface area contributed by atoms with Crippen LogP contribution in [0.15, 0.2) is 11.1 Å². The fourth-order valence-electron chi connectivity index (χ4n) is 2.11. The third kappa shape index (κ3) is 2.43. The predicted molar refractivity (Wildman–Crippen MR) is 66.6 cm³/mol. The summed E-state index contributed by atoms with van der Waals surface area (Å²) in [5.41, 5.74) is 0.160. The molecule has 2 heterocycles. The van der Waals surface area contributed by atoms with Crippen LogP contribution >= 0.6 is 0 Å². The van der Waals surface area contributed by atoms with Crippen molar-refractivity contribution >= 4 is 5.82 Å². The Labute approximate surface area is 101 Å². The molecule has 1 aliphatic rings. The van der Waals surface area contributed by atoms with E-state index in [1.807, 2.05) is 0 Å². The van der Waals surface area contributed by atoms with Crippen molar-refractivity contribution in [3.8, 4) is 5.75 Å². The number of methoxy groups -OCH3 is 1. The van der Waals surface area contributed by atoms with Crippen molar-refractivity contribution in [3.05, 3.63) is 16.7 Å². The molecule has 0 saturated carbocycles. The number of H-pyrrole nitrogens is 1. The van der Waals surface area contributed by atoms with Crippen molar-refractivity contribution in [2.24, 2.45) is 5.41 Å². The maximum Gasteiger partial charge on any atom is 0.295 e. The second-order valence-electron chi connectivity index (χ2n) is 5.24. The van der Waals surface area contributed by atoms with Crippen LogP contribution in [0.25, 0.3) is 0 Å². The number of piperidine rings is 1. The zero-order chi connectivity index (χ0) is 12.5. The molecule has 0 spiro atoms. The largest absolute Gasteiger partial charge is 0.489 e. The highest BCUT2D eigenvalue weighted by Gasteiger charge is 2.27. The Morgan fingerprint density at radius 2 is 2.06 bits per heavy atom. The summed E-state index contributed by atoms with van der Waals surface area (Å²) < 4.78 is 5.13. The van der Waals surface area contributed by atoms with Gasteiger partial charge in [-0.3, -0.25) is 4.79 Å². The van der Waals surface area contributed by atoms with Gasteiger partial charge in [0.2, 0.25) is 5.75 Å². The van der Waals surface area contributed by atoms with Crippen LogP contribution in [0.2, 0.25) is 0 Å². The van der Waals surface area contributed by atoms with Gasteiger partial charge in [-0.15, -0.1) is 0 Å². The second kappa shape index (κ2) is 4.39. The van der Waals surface area contributed by atoms with Gasteiger partial charge in [-0.2, -0.15) is 0 Å². The lowest BCUT2D eigenvalue weighted by Gasteiger charge is -2.37. The zero-order valence-corrected chi connectivity index (χ0v) is 10.6. The zero-order valence-electron chi connectivity index (χ0n) is 10.6. The van der Waals surface area contributed by atoms with Gasteiger partial charge in [0.1, 0.15) is 0 Å². The highest BCUT2D eigenvalue weighted by molar-refractivity contribution is 5.50. The molecule has 0 bridgehead atoms. The van der Waals surface area contributed by atoms with Crippen LogP contribution in [-0.4, -0.2) is 30.2 Å². The summed E-state index contributed by atoms with van der Waals surface area (Å²) in [5.74, 6) is 0.971. The Kier molecular flexibility index (Phi) is 3.09. The van der Waals surface area contributed by atoms with E-state index in [0.29, 0.717) is 17.0 Å². The van der Waals surface area contributed by atoms with E-state index >= 15 is 0 Å². The number of aromatic amines is 1. The van der Waals surface area contributed by atoms with Gasteiger partial charge in [0.05, 0.1) is 13.4 Å². The second-order valence-corrected chi connectivity index (χ2v) is 5.24. The average molecular weight is 237 g/mol. The van der Waals surface area contributed by atoms with Gasteiger partial charge < -0.3 is 14.6 Å².